The summed E-state index contributed by atoms with van der Waals surface area (Å²) in [7, 11) is 1.50. The highest BCUT2D eigenvalue weighted by Gasteiger charge is 2.36. The highest BCUT2D eigenvalue weighted by molar-refractivity contribution is 6.02. The molecule has 8 nitrogen and oxygen atoms in total. The molecular weight excluding hydrogens is 473 g/mol. The van der Waals surface area contributed by atoms with Crippen LogP contribution in [0.1, 0.15) is 38.8 Å². The van der Waals surface area contributed by atoms with E-state index >= 15 is 0 Å². The molecule has 192 valence electrons. The molecule has 0 saturated carbocycles. The van der Waals surface area contributed by atoms with Crippen molar-refractivity contribution >= 4 is 28.5 Å². The molecule has 0 aliphatic rings. The van der Waals surface area contributed by atoms with Crippen molar-refractivity contribution in [2.24, 2.45) is 0 Å². The van der Waals surface area contributed by atoms with Gasteiger partial charge in [0.05, 0.1) is 18.3 Å². The number of anilines is 1. The number of carbonyl (C=O) groups is 2. The van der Waals surface area contributed by atoms with Crippen LogP contribution in [0.3, 0.4) is 0 Å². The molecule has 4 rings (SSSR count). The first kappa shape index (κ1) is 25.8. The van der Waals surface area contributed by atoms with Crippen molar-refractivity contribution in [2.75, 3.05) is 12.0 Å². The third-order valence-electron chi connectivity index (χ3n) is 6.36. The second-order valence-electron chi connectivity index (χ2n) is 9.35. The molecule has 0 aliphatic carbocycles. The molecule has 0 unspecified atom stereocenters. The lowest BCUT2D eigenvalue weighted by Gasteiger charge is -2.35. The van der Waals surface area contributed by atoms with Crippen molar-refractivity contribution in [1.82, 2.24) is 20.3 Å². The van der Waals surface area contributed by atoms with Crippen LogP contribution in [-0.2, 0) is 16.1 Å². The molecule has 0 fully saturated rings. The van der Waals surface area contributed by atoms with Crippen molar-refractivity contribution in [1.29, 1.82) is 0 Å². The number of aromatic nitrogens is 3. The maximum Gasteiger partial charge on any atom is 0.249 e. The summed E-state index contributed by atoms with van der Waals surface area (Å²) in [5.74, 6) is -0.852. The van der Waals surface area contributed by atoms with Crippen LogP contribution in [0.4, 0.5) is 10.1 Å². The Kier molecular flexibility index (Phi) is 7.52. The number of rotatable bonds is 9. The van der Waals surface area contributed by atoms with Crippen molar-refractivity contribution in [3.8, 4) is 5.75 Å². The number of fused-ring (bicyclic) bond motifs is 1. The Morgan fingerprint density at radius 1 is 1.05 bits per heavy atom. The fourth-order valence-electron chi connectivity index (χ4n) is 4.04. The molecule has 1 N–H and O–H groups in total. The first-order valence-corrected chi connectivity index (χ1v) is 12.0. The normalized spacial score (nSPS) is 12.2. The number of nitrogens with one attached hydrogen (secondary N) is 1. The van der Waals surface area contributed by atoms with Gasteiger partial charge in [0.2, 0.25) is 11.8 Å². The maximum atomic E-state index is 14.1. The molecule has 0 spiro atoms. The quantitative estimate of drug-likeness (QED) is 0.359. The van der Waals surface area contributed by atoms with Crippen LogP contribution in [0.5, 0.6) is 5.75 Å². The van der Waals surface area contributed by atoms with Crippen LogP contribution in [0.25, 0.3) is 11.0 Å². The lowest BCUT2D eigenvalue weighted by Crippen LogP contribution is -2.51. The number of hydrogen-bond acceptors (Lipinski definition) is 5. The first-order valence-electron chi connectivity index (χ1n) is 12.0. The summed E-state index contributed by atoms with van der Waals surface area (Å²) < 4.78 is 20.9. The predicted molar refractivity (Wildman–Crippen MR) is 140 cm³/mol. The van der Waals surface area contributed by atoms with Gasteiger partial charge in [0, 0.05) is 5.54 Å². The zero-order chi connectivity index (χ0) is 26.6. The highest BCUT2D eigenvalue weighted by atomic mass is 19.1. The van der Waals surface area contributed by atoms with Gasteiger partial charge in [-0.1, -0.05) is 48.5 Å². The predicted octanol–water partition coefficient (Wildman–Crippen LogP) is 4.66. The zero-order valence-corrected chi connectivity index (χ0v) is 21.3. The van der Waals surface area contributed by atoms with Crippen LogP contribution >= 0.6 is 0 Å². The summed E-state index contributed by atoms with van der Waals surface area (Å²) >= 11 is 0. The number of benzene rings is 3. The molecule has 0 radical (unpaired) electrons. The lowest BCUT2D eigenvalue weighted by molar-refractivity contribution is -0.128. The van der Waals surface area contributed by atoms with Gasteiger partial charge in [-0.3, -0.25) is 14.5 Å². The summed E-state index contributed by atoms with van der Waals surface area (Å²) in [6.07, 6.45) is 0.669. The van der Waals surface area contributed by atoms with Crippen LogP contribution in [-0.4, -0.2) is 39.5 Å². The van der Waals surface area contributed by atoms with Gasteiger partial charge < -0.3 is 10.1 Å². The van der Waals surface area contributed by atoms with E-state index in [1.165, 1.54) is 41.0 Å². The molecule has 0 bridgehead atoms. The van der Waals surface area contributed by atoms with Crippen LogP contribution in [0, 0.1) is 5.82 Å². The van der Waals surface area contributed by atoms with E-state index < -0.39 is 29.2 Å². The van der Waals surface area contributed by atoms with Crippen LogP contribution in [0.2, 0.25) is 0 Å². The van der Waals surface area contributed by atoms with Gasteiger partial charge in [-0.2, -0.15) is 0 Å². The van der Waals surface area contributed by atoms with E-state index in [1.807, 2.05) is 45.0 Å². The van der Waals surface area contributed by atoms with E-state index in [0.29, 0.717) is 34.5 Å². The molecule has 1 atom stereocenters. The fraction of sp³-hybridized carbons (Fsp3) is 0.286. The molecule has 4 aromatic rings. The van der Waals surface area contributed by atoms with Crippen molar-refractivity contribution in [3.63, 3.8) is 0 Å². The summed E-state index contributed by atoms with van der Waals surface area (Å²) in [6.45, 7) is 5.60. The van der Waals surface area contributed by atoms with Gasteiger partial charge in [0.1, 0.15) is 29.7 Å². The van der Waals surface area contributed by atoms with Gasteiger partial charge in [-0.15, -0.1) is 5.10 Å². The fourth-order valence-corrected chi connectivity index (χ4v) is 4.04. The summed E-state index contributed by atoms with van der Waals surface area (Å²) in [4.78, 5) is 29.3. The molecule has 37 heavy (non-hydrogen) atoms. The van der Waals surface area contributed by atoms with Gasteiger partial charge in [0.15, 0.2) is 0 Å². The number of methoxy groups -OCH3 is 1. The largest absolute Gasteiger partial charge is 0.495 e. The van der Waals surface area contributed by atoms with Gasteiger partial charge in [-0.25, -0.2) is 9.07 Å². The van der Waals surface area contributed by atoms with E-state index in [1.54, 1.807) is 24.3 Å². The molecule has 0 saturated heterocycles. The molecule has 3 aromatic carbocycles. The van der Waals surface area contributed by atoms with Gasteiger partial charge in [0.25, 0.3) is 0 Å². The molecule has 2 amide bonds. The van der Waals surface area contributed by atoms with E-state index in [-0.39, 0.29) is 6.54 Å². The second kappa shape index (κ2) is 10.8. The Bertz CT molecular complexity index is 1400. The summed E-state index contributed by atoms with van der Waals surface area (Å²) in [5.41, 5.74) is 1.65. The van der Waals surface area contributed by atoms with Crippen LogP contribution < -0.4 is 15.0 Å². The van der Waals surface area contributed by atoms with E-state index in [0.717, 1.165) is 0 Å². The van der Waals surface area contributed by atoms with Crippen LogP contribution in [0.15, 0.2) is 72.8 Å². The minimum absolute atomic E-state index is 0.180. The SMILES string of the molecule is CCC(C)(C)NC(=O)[C@H](c1ccc(F)cc1)N(C(=O)Cn1nnc2ccccc21)c1ccccc1OC. The van der Waals surface area contributed by atoms with Crippen molar-refractivity contribution in [2.45, 2.75) is 45.3 Å². The average molecular weight is 504 g/mol. The van der Waals surface area contributed by atoms with E-state index in [9.17, 15) is 14.0 Å². The third-order valence-corrected chi connectivity index (χ3v) is 6.36. The Hall–Kier alpha value is -4.27. The maximum absolute atomic E-state index is 14.1. The minimum Gasteiger partial charge on any atom is -0.495 e. The summed E-state index contributed by atoms with van der Waals surface area (Å²) in [5, 5.41) is 11.3. The number of halogens is 1. The first-order chi connectivity index (χ1) is 17.7. The Morgan fingerprint density at radius 3 is 2.43 bits per heavy atom. The molecule has 9 heteroatoms. The number of amides is 2. The number of nitrogens with zero attached hydrogens (tertiary/aromatic N) is 4. The number of carbonyl (C=O) groups excluding carboxylic acids is 2. The smallest absolute Gasteiger partial charge is 0.249 e. The Morgan fingerprint density at radius 2 is 1.73 bits per heavy atom. The van der Waals surface area contributed by atoms with Crippen molar-refractivity contribution < 1.29 is 18.7 Å². The Labute approximate surface area is 215 Å². The molecule has 1 aromatic heterocycles. The lowest BCUT2D eigenvalue weighted by atomic mass is 9.98. The van der Waals surface area contributed by atoms with Gasteiger partial charge in [-0.05, 0) is 62.2 Å². The minimum atomic E-state index is -1.11. The molecular formula is C28H30FN5O3. The molecule has 1 heterocycles. The van der Waals surface area contributed by atoms with E-state index in [4.69, 9.17) is 4.74 Å². The summed E-state index contributed by atoms with van der Waals surface area (Å²) in [6, 6.07) is 18.8. The monoisotopic (exact) mass is 503 g/mol. The van der Waals surface area contributed by atoms with Crippen molar-refractivity contribution in [3.05, 3.63) is 84.2 Å². The number of hydrogen-bond donors (Lipinski definition) is 1. The van der Waals surface area contributed by atoms with Gasteiger partial charge >= 0.3 is 0 Å². The highest BCUT2D eigenvalue weighted by Crippen LogP contribution is 2.35. The third kappa shape index (κ3) is 5.61. The standard InChI is InChI=1S/C28H30FN5O3/c1-5-28(2,3)30-27(36)26(19-14-16-20(29)17-15-19)34(23-12-8-9-13-24(23)37-4)25(35)18-33-22-11-7-6-10-21(22)31-32-33/h6-17,26H,5,18H2,1-4H3,(H,30,36)/t26-/m0/s1. The second-order valence-corrected chi connectivity index (χ2v) is 9.35. The zero-order valence-electron chi connectivity index (χ0n) is 21.3. The number of para-hydroxylation sites is 3. The van der Waals surface area contributed by atoms with E-state index in [2.05, 4.69) is 15.6 Å². The molecule has 0 aliphatic heterocycles. The average Bonchev–Trinajstić information content (AvgIpc) is 3.30. The topological polar surface area (TPSA) is 89.4 Å². The number of ether oxygens (including phenoxy) is 1. The Balaban J connectivity index is 1.85.